The number of aromatic nitrogens is 2. The van der Waals surface area contributed by atoms with Crippen molar-refractivity contribution in [2.75, 3.05) is 13.1 Å². The SMILES string of the molecule is Cc1[nH]ncc1CCCNCC1CCCCCC1. The van der Waals surface area contributed by atoms with Crippen LogP contribution in [0.3, 0.4) is 0 Å². The van der Waals surface area contributed by atoms with Crippen LogP contribution >= 0.6 is 0 Å². The van der Waals surface area contributed by atoms with E-state index < -0.39 is 0 Å². The normalized spacial score (nSPS) is 17.8. The van der Waals surface area contributed by atoms with Gasteiger partial charge in [-0.25, -0.2) is 0 Å². The minimum Gasteiger partial charge on any atom is -0.316 e. The van der Waals surface area contributed by atoms with Crippen LogP contribution in [0.5, 0.6) is 0 Å². The Morgan fingerprint density at radius 1 is 1.28 bits per heavy atom. The van der Waals surface area contributed by atoms with E-state index >= 15 is 0 Å². The van der Waals surface area contributed by atoms with Crippen molar-refractivity contribution in [1.82, 2.24) is 15.5 Å². The minimum absolute atomic E-state index is 0.933. The van der Waals surface area contributed by atoms with Crippen LogP contribution in [0.15, 0.2) is 6.20 Å². The second-order valence-electron chi connectivity index (χ2n) is 5.69. The molecule has 0 atom stereocenters. The third-order valence-corrected chi connectivity index (χ3v) is 4.14. The van der Waals surface area contributed by atoms with Crippen molar-refractivity contribution in [3.8, 4) is 0 Å². The number of H-pyrrole nitrogens is 1. The fraction of sp³-hybridized carbons (Fsp3) is 0.800. The van der Waals surface area contributed by atoms with E-state index in [4.69, 9.17) is 0 Å². The predicted octanol–water partition coefficient (Wildman–Crippen LogP) is 3.21. The maximum atomic E-state index is 4.06. The van der Waals surface area contributed by atoms with Gasteiger partial charge in [0.25, 0.3) is 0 Å². The highest BCUT2D eigenvalue weighted by Crippen LogP contribution is 2.21. The molecule has 0 aliphatic heterocycles. The first-order chi connectivity index (χ1) is 8.86. The summed E-state index contributed by atoms with van der Waals surface area (Å²) in [5.41, 5.74) is 2.59. The smallest absolute Gasteiger partial charge is 0.0522 e. The lowest BCUT2D eigenvalue weighted by molar-refractivity contribution is 0.424. The molecule has 0 amide bonds. The van der Waals surface area contributed by atoms with Crippen LogP contribution in [-0.2, 0) is 6.42 Å². The van der Waals surface area contributed by atoms with E-state index in [1.54, 1.807) is 0 Å². The van der Waals surface area contributed by atoms with Gasteiger partial charge in [0.05, 0.1) is 6.20 Å². The first-order valence-corrected chi connectivity index (χ1v) is 7.56. The summed E-state index contributed by atoms with van der Waals surface area (Å²) in [6.45, 7) is 4.47. The molecular weight excluding hydrogens is 222 g/mol. The van der Waals surface area contributed by atoms with Crippen LogP contribution in [-0.4, -0.2) is 23.3 Å². The van der Waals surface area contributed by atoms with E-state index in [2.05, 4.69) is 22.4 Å². The maximum Gasteiger partial charge on any atom is 0.0522 e. The Hall–Kier alpha value is -0.830. The lowest BCUT2D eigenvalue weighted by atomic mass is 10.0. The fourth-order valence-corrected chi connectivity index (χ4v) is 2.91. The Morgan fingerprint density at radius 2 is 2.06 bits per heavy atom. The van der Waals surface area contributed by atoms with Crippen molar-refractivity contribution < 1.29 is 0 Å². The summed E-state index contributed by atoms with van der Waals surface area (Å²) in [6.07, 6.45) is 13.0. The van der Waals surface area contributed by atoms with Crippen LogP contribution in [0, 0.1) is 12.8 Å². The Kier molecular flexibility index (Phi) is 5.72. The molecule has 2 rings (SSSR count). The molecule has 0 bridgehead atoms. The quantitative estimate of drug-likeness (QED) is 0.600. The average molecular weight is 249 g/mol. The van der Waals surface area contributed by atoms with E-state index in [-0.39, 0.29) is 0 Å². The minimum atomic E-state index is 0.933. The van der Waals surface area contributed by atoms with Gasteiger partial charge in [-0.1, -0.05) is 25.7 Å². The molecule has 1 aliphatic carbocycles. The molecule has 1 aromatic heterocycles. The third-order valence-electron chi connectivity index (χ3n) is 4.14. The van der Waals surface area contributed by atoms with Gasteiger partial charge in [-0.05, 0) is 57.2 Å². The molecule has 18 heavy (non-hydrogen) atoms. The van der Waals surface area contributed by atoms with Gasteiger partial charge in [0, 0.05) is 5.69 Å². The lowest BCUT2D eigenvalue weighted by Crippen LogP contribution is -2.24. The molecule has 1 aromatic rings. The molecule has 0 spiro atoms. The van der Waals surface area contributed by atoms with Crippen LogP contribution < -0.4 is 5.32 Å². The van der Waals surface area contributed by atoms with Gasteiger partial charge in [-0.2, -0.15) is 5.10 Å². The highest BCUT2D eigenvalue weighted by molar-refractivity contribution is 5.14. The summed E-state index contributed by atoms with van der Waals surface area (Å²) >= 11 is 0. The zero-order valence-electron chi connectivity index (χ0n) is 11.7. The summed E-state index contributed by atoms with van der Waals surface area (Å²) in [7, 11) is 0. The summed E-state index contributed by atoms with van der Waals surface area (Å²) in [5, 5.41) is 10.7. The monoisotopic (exact) mass is 249 g/mol. The molecule has 102 valence electrons. The van der Waals surface area contributed by atoms with Gasteiger partial charge in [-0.15, -0.1) is 0 Å². The van der Waals surface area contributed by atoms with Gasteiger partial charge in [0.1, 0.15) is 0 Å². The molecule has 1 aliphatic rings. The number of hydrogen-bond donors (Lipinski definition) is 2. The molecule has 0 unspecified atom stereocenters. The molecule has 0 saturated heterocycles. The zero-order valence-corrected chi connectivity index (χ0v) is 11.7. The van der Waals surface area contributed by atoms with E-state index in [1.807, 2.05) is 6.20 Å². The lowest BCUT2D eigenvalue weighted by Gasteiger charge is -2.14. The molecule has 1 heterocycles. The van der Waals surface area contributed by atoms with E-state index in [0.717, 1.165) is 18.9 Å². The van der Waals surface area contributed by atoms with Crippen molar-refractivity contribution in [1.29, 1.82) is 0 Å². The van der Waals surface area contributed by atoms with Gasteiger partial charge in [0.2, 0.25) is 0 Å². The molecule has 3 heteroatoms. The Labute approximate surface area is 111 Å². The van der Waals surface area contributed by atoms with E-state index in [0.29, 0.717) is 0 Å². The summed E-state index contributed by atoms with van der Waals surface area (Å²) in [6, 6.07) is 0. The maximum absolute atomic E-state index is 4.06. The molecule has 3 nitrogen and oxygen atoms in total. The van der Waals surface area contributed by atoms with Crippen molar-refractivity contribution >= 4 is 0 Å². The van der Waals surface area contributed by atoms with Gasteiger partial charge < -0.3 is 5.32 Å². The first kappa shape index (κ1) is 13.6. The second kappa shape index (κ2) is 7.57. The molecular formula is C15H27N3. The second-order valence-corrected chi connectivity index (χ2v) is 5.69. The number of nitrogens with one attached hydrogen (secondary N) is 2. The number of aryl methyl sites for hydroxylation is 2. The third kappa shape index (κ3) is 4.45. The molecule has 0 aromatic carbocycles. The topological polar surface area (TPSA) is 40.7 Å². The van der Waals surface area contributed by atoms with Crippen LogP contribution in [0.2, 0.25) is 0 Å². The van der Waals surface area contributed by atoms with Crippen molar-refractivity contribution in [2.45, 2.75) is 58.3 Å². The highest BCUT2D eigenvalue weighted by Gasteiger charge is 2.11. The predicted molar refractivity (Wildman–Crippen MR) is 75.7 cm³/mol. The van der Waals surface area contributed by atoms with Crippen LogP contribution in [0.1, 0.15) is 56.2 Å². The van der Waals surface area contributed by atoms with Gasteiger partial charge >= 0.3 is 0 Å². The molecule has 1 fully saturated rings. The largest absolute Gasteiger partial charge is 0.316 e. The van der Waals surface area contributed by atoms with Crippen LogP contribution in [0.25, 0.3) is 0 Å². The Balaban J connectivity index is 1.54. The standard InChI is InChI=1S/C15H27N3/c1-13-15(12-17-18-13)9-6-10-16-11-14-7-4-2-3-5-8-14/h12,14,16H,2-11H2,1H3,(H,17,18). The Bertz CT molecular complexity index is 324. The number of hydrogen-bond acceptors (Lipinski definition) is 2. The first-order valence-electron chi connectivity index (χ1n) is 7.56. The average Bonchev–Trinajstić information content (AvgIpc) is 2.64. The van der Waals surface area contributed by atoms with Crippen molar-refractivity contribution in [2.24, 2.45) is 5.92 Å². The number of aromatic amines is 1. The van der Waals surface area contributed by atoms with Gasteiger partial charge in [-0.3, -0.25) is 5.10 Å². The molecule has 0 radical (unpaired) electrons. The number of rotatable bonds is 6. The summed E-state index contributed by atoms with van der Waals surface area (Å²) < 4.78 is 0. The van der Waals surface area contributed by atoms with Crippen LogP contribution in [0.4, 0.5) is 0 Å². The van der Waals surface area contributed by atoms with E-state index in [1.165, 1.54) is 62.7 Å². The summed E-state index contributed by atoms with van der Waals surface area (Å²) in [5.74, 6) is 0.933. The van der Waals surface area contributed by atoms with Crippen molar-refractivity contribution in [3.05, 3.63) is 17.5 Å². The highest BCUT2D eigenvalue weighted by atomic mass is 15.1. The van der Waals surface area contributed by atoms with Crippen molar-refractivity contribution in [3.63, 3.8) is 0 Å². The fourth-order valence-electron chi connectivity index (χ4n) is 2.91. The summed E-state index contributed by atoms with van der Waals surface area (Å²) in [4.78, 5) is 0. The molecule has 2 N–H and O–H groups in total. The Morgan fingerprint density at radius 3 is 2.72 bits per heavy atom. The number of nitrogens with zero attached hydrogens (tertiary/aromatic N) is 1. The van der Waals surface area contributed by atoms with E-state index in [9.17, 15) is 0 Å². The van der Waals surface area contributed by atoms with Gasteiger partial charge in [0.15, 0.2) is 0 Å². The molecule has 1 saturated carbocycles. The zero-order chi connectivity index (χ0) is 12.6.